The first-order valence-corrected chi connectivity index (χ1v) is 17.2. The Morgan fingerprint density at radius 3 is 1.32 bits per heavy atom. The normalized spacial score (nSPS) is 15.1. The van der Waals surface area contributed by atoms with Gasteiger partial charge in [-0.2, -0.15) is 4.65 Å². The van der Waals surface area contributed by atoms with E-state index >= 15 is 0 Å². The van der Waals surface area contributed by atoms with E-state index in [4.69, 9.17) is 9.05 Å². The lowest BCUT2D eigenvalue weighted by molar-refractivity contribution is -1.07. The lowest BCUT2D eigenvalue weighted by Crippen LogP contribution is -2.36. The highest BCUT2D eigenvalue weighted by atomic mass is 31.2. The van der Waals surface area contributed by atoms with Crippen LogP contribution in [0.1, 0.15) is 150 Å². The maximum Gasteiger partial charge on any atom is 0.267 e. The first-order valence-electron chi connectivity index (χ1n) is 15.7. The van der Waals surface area contributed by atoms with E-state index in [1.807, 2.05) is 14.1 Å². The van der Waals surface area contributed by atoms with E-state index in [2.05, 4.69) is 34.6 Å². The molecular formula is C30H66NO5P. The van der Waals surface area contributed by atoms with Crippen LogP contribution in [-0.2, 0) is 13.6 Å². The smallest absolute Gasteiger partial charge is 0.267 e. The van der Waals surface area contributed by atoms with Gasteiger partial charge in [-0.1, -0.05) is 125 Å². The zero-order valence-electron chi connectivity index (χ0n) is 26.0. The number of nitrogens with zero attached hydrogens (tertiary/aromatic N) is 1. The second-order valence-corrected chi connectivity index (χ2v) is 12.8. The molecule has 0 amide bonds. The molecule has 0 aliphatic rings. The number of hydroxylamine groups is 3. The highest BCUT2D eigenvalue weighted by molar-refractivity contribution is 7.45. The van der Waals surface area contributed by atoms with Crippen LogP contribution in [0.2, 0.25) is 0 Å². The molecule has 0 aliphatic carbocycles. The number of unbranched alkanes of at least 4 members (excludes halogenated alkanes) is 11. The SMILES string of the molecule is CCCCC(CC)COP(=O)([O-])OCC(CC)CCCC.CCCCCCCCCCCC[N+](C)(C)O. The monoisotopic (exact) mass is 551 g/mol. The van der Waals surface area contributed by atoms with E-state index in [-0.39, 0.29) is 17.9 Å². The molecule has 0 saturated carbocycles. The first-order chi connectivity index (χ1) is 17.5. The fourth-order valence-electron chi connectivity index (χ4n) is 4.21. The molecule has 0 rings (SSSR count). The minimum Gasteiger partial charge on any atom is -0.756 e. The van der Waals surface area contributed by atoms with Crippen molar-refractivity contribution in [3.63, 3.8) is 0 Å². The highest BCUT2D eigenvalue weighted by Gasteiger charge is 2.16. The average Bonchev–Trinajstić information content (AvgIpc) is 2.85. The molecular weight excluding hydrogens is 485 g/mol. The van der Waals surface area contributed by atoms with Gasteiger partial charge in [-0.25, -0.2) is 5.21 Å². The summed E-state index contributed by atoms with van der Waals surface area (Å²) in [5.74, 6) is 0.607. The molecule has 0 aromatic rings. The van der Waals surface area contributed by atoms with Crippen molar-refractivity contribution in [3.05, 3.63) is 0 Å². The largest absolute Gasteiger partial charge is 0.756 e. The molecule has 0 heterocycles. The number of hydrogen-bond acceptors (Lipinski definition) is 5. The molecule has 0 aromatic carbocycles. The van der Waals surface area contributed by atoms with Gasteiger partial charge in [-0.05, 0) is 37.5 Å². The summed E-state index contributed by atoms with van der Waals surface area (Å²) in [6.07, 6.45) is 21.9. The maximum absolute atomic E-state index is 11.8. The summed E-state index contributed by atoms with van der Waals surface area (Å²) in [5, 5.41) is 9.48. The summed E-state index contributed by atoms with van der Waals surface area (Å²) in [7, 11) is -0.459. The Labute approximate surface area is 232 Å². The molecule has 37 heavy (non-hydrogen) atoms. The number of phosphoric ester groups is 1. The summed E-state index contributed by atoms with van der Waals surface area (Å²) >= 11 is 0. The van der Waals surface area contributed by atoms with Crippen LogP contribution in [0.25, 0.3) is 0 Å². The average molecular weight is 552 g/mol. The molecule has 0 aromatic heterocycles. The van der Waals surface area contributed by atoms with Gasteiger partial charge in [0.15, 0.2) is 0 Å². The van der Waals surface area contributed by atoms with Crippen molar-refractivity contribution in [2.24, 2.45) is 11.8 Å². The molecule has 0 aliphatic heterocycles. The molecule has 0 radical (unpaired) electrons. The number of phosphoric acid groups is 1. The van der Waals surface area contributed by atoms with E-state index < -0.39 is 7.82 Å². The summed E-state index contributed by atoms with van der Waals surface area (Å²) in [6, 6.07) is 0. The maximum atomic E-state index is 11.8. The fraction of sp³-hybridized carbons (Fsp3) is 1.00. The van der Waals surface area contributed by atoms with Gasteiger partial charge in [-0.3, -0.25) is 4.57 Å². The second-order valence-electron chi connectivity index (χ2n) is 11.4. The molecule has 1 N–H and O–H groups in total. The predicted octanol–water partition coefficient (Wildman–Crippen LogP) is 9.29. The zero-order valence-corrected chi connectivity index (χ0v) is 26.9. The van der Waals surface area contributed by atoms with Crippen LogP contribution in [0.5, 0.6) is 0 Å². The van der Waals surface area contributed by atoms with Crippen LogP contribution in [0.15, 0.2) is 0 Å². The minimum atomic E-state index is -4.14. The predicted molar refractivity (Wildman–Crippen MR) is 157 cm³/mol. The highest BCUT2D eigenvalue weighted by Crippen LogP contribution is 2.40. The third kappa shape index (κ3) is 30.4. The second kappa shape index (κ2) is 26.3. The van der Waals surface area contributed by atoms with Crippen molar-refractivity contribution >= 4 is 7.82 Å². The molecule has 0 saturated heterocycles. The van der Waals surface area contributed by atoms with Gasteiger partial charge < -0.3 is 13.9 Å². The lowest BCUT2D eigenvalue weighted by atomic mass is 10.0. The van der Waals surface area contributed by atoms with Crippen molar-refractivity contribution in [2.45, 2.75) is 150 Å². The van der Waals surface area contributed by atoms with E-state index in [1.165, 1.54) is 57.8 Å². The zero-order chi connectivity index (χ0) is 28.4. The van der Waals surface area contributed by atoms with E-state index in [0.717, 1.165) is 64.3 Å². The Balaban J connectivity index is 0. The standard InChI is InChI=1S/C16H35O4P.C14H32NO/c1-5-9-11-15(7-3)13-19-21(17,18)20-14-16(8-4)12-10-6-2;1-4-5-6-7-8-9-10-11-12-13-14-15(2,3)16/h15-16H,5-14H2,1-4H3,(H,17,18);16H,4-14H2,1-3H3/q;+1/p-1. The Bertz CT molecular complexity index is 489. The summed E-state index contributed by atoms with van der Waals surface area (Å²) in [4.78, 5) is 11.8. The molecule has 226 valence electrons. The van der Waals surface area contributed by atoms with Gasteiger partial charge >= 0.3 is 0 Å². The van der Waals surface area contributed by atoms with Gasteiger partial charge in [0, 0.05) is 0 Å². The Hall–Kier alpha value is 0.0300. The van der Waals surface area contributed by atoms with Gasteiger partial charge in [0.1, 0.15) is 6.54 Å². The van der Waals surface area contributed by atoms with Crippen LogP contribution >= 0.6 is 7.82 Å². The Morgan fingerprint density at radius 2 is 1.00 bits per heavy atom. The fourth-order valence-corrected chi connectivity index (χ4v) is 5.07. The van der Waals surface area contributed by atoms with Crippen LogP contribution in [0.3, 0.4) is 0 Å². The van der Waals surface area contributed by atoms with Gasteiger partial charge in [0.2, 0.25) is 0 Å². The van der Waals surface area contributed by atoms with Crippen molar-refractivity contribution in [3.8, 4) is 0 Å². The van der Waals surface area contributed by atoms with Crippen molar-refractivity contribution in [2.75, 3.05) is 33.9 Å². The Kier molecular flexibility index (Phi) is 27.8. The molecule has 2 unspecified atom stereocenters. The minimum absolute atomic E-state index is 0.122. The summed E-state index contributed by atoms with van der Waals surface area (Å²) in [6.45, 7) is 12.1. The third-order valence-electron chi connectivity index (χ3n) is 7.08. The lowest BCUT2D eigenvalue weighted by Gasteiger charge is -2.27. The first kappa shape index (κ1) is 39.2. The van der Waals surface area contributed by atoms with Crippen LogP contribution in [-0.4, -0.2) is 43.7 Å². The van der Waals surface area contributed by atoms with Crippen molar-refractivity contribution in [1.82, 2.24) is 0 Å². The van der Waals surface area contributed by atoms with Crippen molar-refractivity contribution < 1.29 is 28.4 Å². The van der Waals surface area contributed by atoms with E-state index in [1.54, 1.807) is 0 Å². The van der Waals surface area contributed by atoms with E-state index in [0.29, 0.717) is 11.8 Å². The number of rotatable bonds is 25. The van der Waals surface area contributed by atoms with Gasteiger partial charge in [-0.15, -0.1) is 0 Å². The molecule has 0 spiro atoms. The molecule has 6 nitrogen and oxygen atoms in total. The van der Waals surface area contributed by atoms with Crippen LogP contribution in [0.4, 0.5) is 0 Å². The summed E-state index contributed by atoms with van der Waals surface area (Å²) < 4.78 is 22.0. The topological polar surface area (TPSA) is 78.8 Å². The number of hydrogen-bond donors (Lipinski definition) is 1. The molecule has 0 bridgehead atoms. The van der Waals surface area contributed by atoms with Gasteiger partial charge in [0.25, 0.3) is 7.82 Å². The molecule has 0 fully saturated rings. The van der Waals surface area contributed by atoms with Crippen LogP contribution in [0, 0.1) is 11.8 Å². The Morgan fingerprint density at radius 1 is 0.649 bits per heavy atom. The molecule has 2 atom stereocenters. The van der Waals surface area contributed by atoms with Crippen LogP contribution < -0.4 is 4.89 Å². The quantitative estimate of drug-likeness (QED) is 0.0529. The number of quaternary nitrogens is 1. The molecule has 7 heteroatoms. The van der Waals surface area contributed by atoms with Crippen molar-refractivity contribution in [1.29, 1.82) is 0 Å². The van der Waals surface area contributed by atoms with Gasteiger partial charge in [0.05, 0.1) is 27.3 Å². The summed E-state index contributed by atoms with van der Waals surface area (Å²) in [5.41, 5.74) is 0. The van der Waals surface area contributed by atoms with E-state index in [9.17, 15) is 14.7 Å². The third-order valence-corrected chi connectivity index (χ3v) is 8.01.